The van der Waals surface area contributed by atoms with Crippen LogP contribution in [0.4, 0.5) is 0 Å². The Kier molecular flexibility index (Phi) is 3.69. The van der Waals surface area contributed by atoms with Gasteiger partial charge in [-0.2, -0.15) is 5.10 Å². The Labute approximate surface area is 132 Å². The molecular weight excluding hydrogens is 294 g/mol. The second-order valence-corrected chi connectivity index (χ2v) is 5.52. The van der Waals surface area contributed by atoms with E-state index in [4.69, 9.17) is 0 Å². The summed E-state index contributed by atoms with van der Waals surface area (Å²) >= 11 is 0. The number of fused-ring (bicyclic) bond motifs is 1. The van der Waals surface area contributed by atoms with Crippen molar-refractivity contribution in [3.05, 3.63) is 63.5 Å². The van der Waals surface area contributed by atoms with Gasteiger partial charge in [0.05, 0.1) is 6.20 Å². The number of amides is 1. The lowest BCUT2D eigenvalue weighted by Crippen LogP contribution is -2.33. The number of carbonyl (C=O) groups excluding carboxylic acids is 1. The van der Waals surface area contributed by atoms with Crippen LogP contribution < -0.4 is 5.56 Å². The number of hydrogen-bond donors (Lipinski definition) is 1. The number of rotatable bonds is 3. The number of nitrogens with one attached hydrogen (secondary N) is 1. The summed E-state index contributed by atoms with van der Waals surface area (Å²) in [6, 6.07) is 5.37. The lowest BCUT2D eigenvalue weighted by atomic mass is 10.2. The Morgan fingerprint density at radius 3 is 2.78 bits per heavy atom. The molecule has 7 nitrogen and oxygen atoms in total. The second kappa shape index (κ2) is 5.68. The quantitative estimate of drug-likeness (QED) is 0.790. The van der Waals surface area contributed by atoms with E-state index < -0.39 is 0 Å². The van der Waals surface area contributed by atoms with Crippen LogP contribution in [-0.2, 0) is 6.54 Å². The van der Waals surface area contributed by atoms with E-state index in [0.717, 1.165) is 17.0 Å². The third-order valence-electron chi connectivity index (χ3n) is 3.84. The minimum Gasteiger partial charge on any atom is -0.337 e. The first-order valence-electron chi connectivity index (χ1n) is 7.20. The van der Waals surface area contributed by atoms with Gasteiger partial charge < -0.3 is 4.90 Å². The van der Waals surface area contributed by atoms with Gasteiger partial charge in [-0.3, -0.25) is 19.1 Å². The van der Waals surface area contributed by atoms with Gasteiger partial charge >= 0.3 is 0 Å². The maximum Gasteiger partial charge on any atom is 0.270 e. The molecule has 3 rings (SSSR count). The number of nitrogens with zero attached hydrogens (tertiary/aromatic N) is 4. The molecule has 0 atom stereocenters. The average molecular weight is 311 g/mol. The molecular formula is C16H17N5O2. The number of aryl methyl sites for hydroxylation is 2. The van der Waals surface area contributed by atoms with Gasteiger partial charge in [0, 0.05) is 36.7 Å². The molecule has 0 aliphatic carbocycles. The van der Waals surface area contributed by atoms with Gasteiger partial charge in [0.1, 0.15) is 11.2 Å². The average Bonchev–Trinajstić information content (AvgIpc) is 2.92. The lowest BCUT2D eigenvalue weighted by molar-refractivity contribution is 0.0782. The van der Waals surface area contributed by atoms with Crippen molar-refractivity contribution in [1.82, 2.24) is 24.5 Å². The van der Waals surface area contributed by atoms with E-state index in [1.54, 1.807) is 19.3 Å². The van der Waals surface area contributed by atoms with E-state index >= 15 is 0 Å². The lowest BCUT2D eigenvalue weighted by Gasteiger charge is -2.16. The number of aromatic amines is 1. The Bertz CT molecular complexity index is 941. The highest BCUT2D eigenvalue weighted by Crippen LogP contribution is 2.09. The van der Waals surface area contributed by atoms with Gasteiger partial charge in [0.15, 0.2) is 0 Å². The highest BCUT2D eigenvalue weighted by molar-refractivity contribution is 5.93. The molecule has 0 aliphatic rings. The SMILES string of the molecule is Cc1[nH]ncc1CN(C)C(=O)c1cnc2cccc(C)n2c1=O. The summed E-state index contributed by atoms with van der Waals surface area (Å²) in [5.41, 5.74) is 2.77. The molecule has 0 unspecified atom stereocenters. The van der Waals surface area contributed by atoms with Crippen molar-refractivity contribution >= 4 is 11.6 Å². The maximum atomic E-state index is 12.6. The van der Waals surface area contributed by atoms with Crippen LogP contribution in [0.2, 0.25) is 0 Å². The minimum absolute atomic E-state index is 0.0560. The van der Waals surface area contributed by atoms with Crippen LogP contribution in [0.15, 0.2) is 35.4 Å². The fourth-order valence-corrected chi connectivity index (χ4v) is 2.49. The summed E-state index contributed by atoms with van der Waals surface area (Å²) in [4.78, 5) is 30.9. The number of H-pyrrole nitrogens is 1. The monoisotopic (exact) mass is 311 g/mol. The topological polar surface area (TPSA) is 83.4 Å². The molecule has 0 saturated carbocycles. The summed E-state index contributed by atoms with van der Waals surface area (Å²) in [7, 11) is 1.65. The molecule has 0 radical (unpaired) electrons. The molecule has 1 amide bonds. The van der Waals surface area contributed by atoms with E-state index in [1.165, 1.54) is 15.5 Å². The van der Waals surface area contributed by atoms with Crippen molar-refractivity contribution in [3.8, 4) is 0 Å². The van der Waals surface area contributed by atoms with Crippen LogP contribution in [0, 0.1) is 13.8 Å². The van der Waals surface area contributed by atoms with Crippen molar-refractivity contribution in [2.75, 3.05) is 7.05 Å². The van der Waals surface area contributed by atoms with Crippen molar-refractivity contribution in [2.24, 2.45) is 0 Å². The van der Waals surface area contributed by atoms with Gasteiger partial charge in [-0.1, -0.05) is 6.07 Å². The van der Waals surface area contributed by atoms with Gasteiger partial charge in [0.25, 0.3) is 11.5 Å². The largest absolute Gasteiger partial charge is 0.337 e. The summed E-state index contributed by atoms with van der Waals surface area (Å²) in [5, 5.41) is 6.77. The number of aromatic nitrogens is 4. The van der Waals surface area contributed by atoms with Gasteiger partial charge in [0.2, 0.25) is 0 Å². The standard InChI is InChI=1S/C16H17N5O2/c1-10-5-4-6-14-17-8-13(16(23)21(10)14)15(22)20(3)9-12-7-18-19-11(12)2/h4-8H,9H2,1-3H3,(H,18,19). The summed E-state index contributed by atoms with van der Waals surface area (Å²) in [6.45, 7) is 4.07. The number of hydrogen-bond acceptors (Lipinski definition) is 4. The second-order valence-electron chi connectivity index (χ2n) is 5.52. The molecule has 3 aromatic rings. The van der Waals surface area contributed by atoms with Crippen LogP contribution in [-0.4, -0.2) is 37.4 Å². The third kappa shape index (κ3) is 2.61. The van der Waals surface area contributed by atoms with Crippen molar-refractivity contribution in [2.45, 2.75) is 20.4 Å². The Morgan fingerprint density at radius 2 is 2.09 bits per heavy atom. The van der Waals surface area contributed by atoms with Crippen molar-refractivity contribution in [3.63, 3.8) is 0 Å². The first kappa shape index (κ1) is 15.0. The normalized spacial score (nSPS) is 10.9. The van der Waals surface area contributed by atoms with Crippen LogP contribution in [0.5, 0.6) is 0 Å². The van der Waals surface area contributed by atoms with Crippen LogP contribution in [0.25, 0.3) is 5.65 Å². The zero-order valence-electron chi connectivity index (χ0n) is 13.2. The molecule has 0 spiro atoms. The first-order chi connectivity index (χ1) is 11.0. The molecule has 0 aliphatic heterocycles. The molecule has 1 N–H and O–H groups in total. The number of pyridine rings is 1. The molecule has 0 saturated heterocycles. The first-order valence-corrected chi connectivity index (χ1v) is 7.20. The summed E-state index contributed by atoms with van der Waals surface area (Å²) in [5.74, 6) is -0.360. The van der Waals surface area contributed by atoms with Crippen LogP contribution in [0.1, 0.15) is 27.3 Å². The Balaban J connectivity index is 1.98. The predicted octanol–water partition coefficient (Wildman–Crippen LogP) is 1.31. The van der Waals surface area contributed by atoms with Gasteiger partial charge in [-0.25, -0.2) is 4.98 Å². The van der Waals surface area contributed by atoms with E-state index in [0.29, 0.717) is 12.2 Å². The molecule has 0 fully saturated rings. The summed E-state index contributed by atoms with van der Waals surface area (Å²) < 4.78 is 1.45. The van der Waals surface area contributed by atoms with E-state index in [2.05, 4.69) is 15.2 Å². The fraction of sp³-hybridized carbons (Fsp3) is 0.250. The zero-order chi connectivity index (χ0) is 16.6. The van der Waals surface area contributed by atoms with Crippen molar-refractivity contribution in [1.29, 1.82) is 0 Å². The molecule has 0 aromatic carbocycles. The highest BCUT2D eigenvalue weighted by atomic mass is 16.2. The van der Waals surface area contributed by atoms with E-state index in [9.17, 15) is 9.59 Å². The Morgan fingerprint density at radius 1 is 1.30 bits per heavy atom. The van der Waals surface area contributed by atoms with Crippen molar-refractivity contribution < 1.29 is 4.79 Å². The smallest absolute Gasteiger partial charge is 0.270 e. The van der Waals surface area contributed by atoms with Gasteiger partial charge in [-0.05, 0) is 26.0 Å². The van der Waals surface area contributed by atoms with Crippen LogP contribution >= 0.6 is 0 Å². The van der Waals surface area contributed by atoms with Crippen LogP contribution in [0.3, 0.4) is 0 Å². The fourth-order valence-electron chi connectivity index (χ4n) is 2.49. The van der Waals surface area contributed by atoms with Gasteiger partial charge in [-0.15, -0.1) is 0 Å². The minimum atomic E-state index is -0.360. The molecule has 23 heavy (non-hydrogen) atoms. The third-order valence-corrected chi connectivity index (χ3v) is 3.84. The highest BCUT2D eigenvalue weighted by Gasteiger charge is 2.19. The van der Waals surface area contributed by atoms with E-state index in [1.807, 2.05) is 26.0 Å². The number of carbonyl (C=O) groups is 1. The molecule has 7 heteroatoms. The predicted molar refractivity (Wildman–Crippen MR) is 85.3 cm³/mol. The zero-order valence-corrected chi connectivity index (χ0v) is 13.2. The molecule has 118 valence electrons. The molecule has 0 bridgehead atoms. The maximum absolute atomic E-state index is 12.6. The van der Waals surface area contributed by atoms with E-state index in [-0.39, 0.29) is 17.0 Å². The molecule has 3 heterocycles. The summed E-state index contributed by atoms with van der Waals surface area (Å²) in [6.07, 6.45) is 3.02. The molecule has 3 aromatic heterocycles. The Hall–Kier alpha value is -2.96.